The molecule has 1 aliphatic rings. The largest absolute Gasteiger partial charge is 0.478 e. The van der Waals surface area contributed by atoms with Gasteiger partial charge in [-0.25, -0.2) is 9.59 Å². The van der Waals surface area contributed by atoms with Crippen molar-refractivity contribution < 1.29 is 29.1 Å². The number of amides is 1. The van der Waals surface area contributed by atoms with Crippen LogP contribution in [0.3, 0.4) is 0 Å². The van der Waals surface area contributed by atoms with Crippen molar-refractivity contribution in [3.8, 4) is 6.07 Å². The summed E-state index contributed by atoms with van der Waals surface area (Å²) in [5.74, 6) is -1.92. The highest BCUT2D eigenvalue weighted by atomic mass is 16.5. The van der Waals surface area contributed by atoms with E-state index in [1.807, 2.05) is 18.2 Å². The molecular formula is C30H31N5O6. The molecule has 212 valence electrons. The molecule has 1 saturated heterocycles. The molecule has 2 aromatic carbocycles. The average molecular weight is 558 g/mol. The molecule has 1 fully saturated rings. The molecule has 0 spiro atoms. The first-order valence-corrected chi connectivity index (χ1v) is 13.0. The summed E-state index contributed by atoms with van der Waals surface area (Å²) in [5.41, 5.74) is 2.85. The number of nitrogens with zero attached hydrogens (tertiary/aromatic N) is 4. The fraction of sp³-hybridized carbons (Fsp3) is 0.267. The number of aromatic nitrogens is 2. The van der Waals surface area contributed by atoms with E-state index in [-0.39, 0.29) is 17.6 Å². The van der Waals surface area contributed by atoms with Crippen molar-refractivity contribution in [1.29, 1.82) is 5.26 Å². The van der Waals surface area contributed by atoms with Crippen LogP contribution in [0, 0.1) is 17.2 Å². The van der Waals surface area contributed by atoms with E-state index >= 15 is 0 Å². The highest BCUT2D eigenvalue weighted by Crippen LogP contribution is 2.21. The number of carboxylic acids is 2. The first kappa shape index (κ1) is 30.5. The minimum Gasteiger partial charge on any atom is -0.478 e. The molecule has 0 saturated carbocycles. The van der Waals surface area contributed by atoms with E-state index in [1.54, 1.807) is 24.3 Å². The summed E-state index contributed by atoms with van der Waals surface area (Å²) in [7, 11) is 0. The summed E-state index contributed by atoms with van der Waals surface area (Å²) in [6.45, 7) is 3.79. The molecule has 41 heavy (non-hydrogen) atoms. The van der Waals surface area contributed by atoms with Gasteiger partial charge in [-0.15, -0.1) is 0 Å². The van der Waals surface area contributed by atoms with Crippen molar-refractivity contribution in [3.05, 3.63) is 95.2 Å². The lowest BCUT2D eigenvalue weighted by atomic mass is 9.93. The molecule has 11 nitrogen and oxygen atoms in total. The van der Waals surface area contributed by atoms with Gasteiger partial charge < -0.3 is 20.1 Å². The van der Waals surface area contributed by atoms with Gasteiger partial charge in [-0.1, -0.05) is 47.6 Å². The molecular weight excluding hydrogens is 526 g/mol. The van der Waals surface area contributed by atoms with Crippen molar-refractivity contribution in [2.45, 2.75) is 25.8 Å². The Hall–Kier alpha value is -5.08. The van der Waals surface area contributed by atoms with E-state index in [1.165, 1.54) is 5.56 Å². The SMILES string of the molecule is N#Cc1ccc(/C=C/c2nc(C(=O)NCCC3CCN(Cc4ccccc4)CC3)no2)cc1.O=C(O)/C=C/C(=O)O. The second-order valence-corrected chi connectivity index (χ2v) is 9.28. The monoisotopic (exact) mass is 557 g/mol. The van der Waals surface area contributed by atoms with Crippen molar-refractivity contribution >= 4 is 30.0 Å². The van der Waals surface area contributed by atoms with E-state index in [0.717, 1.165) is 44.5 Å². The third kappa shape index (κ3) is 11.3. The number of rotatable bonds is 10. The fourth-order valence-corrected chi connectivity index (χ4v) is 4.12. The summed E-state index contributed by atoms with van der Waals surface area (Å²) >= 11 is 0. The predicted molar refractivity (Wildman–Crippen MR) is 150 cm³/mol. The molecule has 4 rings (SSSR count). The van der Waals surface area contributed by atoms with Crippen LogP contribution in [0.1, 0.15) is 52.5 Å². The zero-order valence-corrected chi connectivity index (χ0v) is 22.3. The maximum absolute atomic E-state index is 12.3. The topological polar surface area (TPSA) is 170 Å². The summed E-state index contributed by atoms with van der Waals surface area (Å²) in [6, 6.07) is 19.8. The van der Waals surface area contributed by atoms with Gasteiger partial charge in [0.05, 0.1) is 11.6 Å². The number of piperidine rings is 1. The van der Waals surface area contributed by atoms with Crippen LogP contribution < -0.4 is 5.32 Å². The third-order valence-electron chi connectivity index (χ3n) is 6.27. The molecule has 2 heterocycles. The maximum atomic E-state index is 12.3. The maximum Gasteiger partial charge on any atom is 0.328 e. The quantitative estimate of drug-likeness (QED) is 0.311. The highest BCUT2D eigenvalue weighted by Gasteiger charge is 2.20. The number of carbonyl (C=O) groups is 3. The standard InChI is InChI=1S/C26H27N5O2.C4H4O4/c27-18-22-8-6-20(7-9-22)10-11-24-29-25(30-33-24)26(32)28-15-12-21-13-16-31(17-14-21)19-23-4-2-1-3-5-23;5-3(6)1-2-4(7)8/h1-11,21H,12-17,19H2,(H,28,32);1-2H,(H,5,6)(H,7,8)/b11-10+;2-1+. The average Bonchev–Trinajstić information content (AvgIpc) is 3.46. The van der Waals surface area contributed by atoms with E-state index in [9.17, 15) is 14.4 Å². The number of nitrogens with one attached hydrogen (secondary N) is 1. The first-order valence-electron chi connectivity index (χ1n) is 13.0. The number of hydrogen-bond donors (Lipinski definition) is 3. The highest BCUT2D eigenvalue weighted by molar-refractivity contribution is 5.90. The molecule has 3 N–H and O–H groups in total. The van der Waals surface area contributed by atoms with Crippen molar-refractivity contribution in [2.24, 2.45) is 5.92 Å². The summed E-state index contributed by atoms with van der Waals surface area (Å²) in [6.07, 6.45) is 7.80. The lowest BCUT2D eigenvalue weighted by molar-refractivity contribution is -0.134. The van der Waals surface area contributed by atoms with Crippen LogP contribution in [0.15, 0.2) is 71.3 Å². The molecule has 3 aromatic rings. The van der Waals surface area contributed by atoms with Crippen molar-refractivity contribution in [3.63, 3.8) is 0 Å². The molecule has 0 aliphatic carbocycles. The zero-order chi connectivity index (χ0) is 29.5. The Balaban J connectivity index is 0.000000507. The Morgan fingerprint density at radius 1 is 1.00 bits per heavy atom. The van der Waals surface area contributed by atoms with Crippen LogP contribution >= 0.6 is 0 Å². The Kier molecular flexibility index (Phi) is 12.0. The number of carbonyl (C=O) groups excluding carboxylic acids is 1. The second kappa shape index (κ2) is 16.1. The normalized spacial score (nSPS) is 13.8. The number of benzene rings is 2. The van der Waals surface area contributed by atoms with Crippen molar-refractivity contribution in [2.75, 3.05) is 19.6 Å². The molecule has 0 bridgehead atoms. The minimum atomic E-state index is -1.26. The molecule has 0 radical (unpaired) electrons. The van der Waals surface area contributed by atoms with Gasteiger partial charge >= 0.3 is 11.9 Å². The molecule has 0 atom stereocenters. The van der Waals surface area contributed by atoms with E-state index < -0.39 is 11.9 Å². The summed E-state index contributed by atoms with van der Waals surface area (Å²) < 4.78 is 5.14. The van der Waals surface area contributed by atoms with E-state index in [2.05, 4.69) is 50.7 Å². The lowest BCUT2D eigenvalue weighted by Crippen LogP contribution is -2.35. The molecule has 11 heteroatoms. The first-order chi connectivity index (χ1) is 19.8. The molecule has 1 amide bonds. The van der Waals surface area contributed by atoms with Crippen LogP contribution in [0.2, 0.25) is 0 Å². The smallest absolute Gasteiger partial charge is 0.328 e. The van der Waals surface area contributed by atoms with Crippen molar-refractivity contribution in [1.82, 2.24) is 20.4 Å². The van der Waals surface area contributed by atoms with Gasteiger partial charge in [-0.05, 0) is 67.6 Å². The lowest BCUT2D eigenvalue weighted by Gasteiger charge is -2.32. The van der Waals surface area contributed by atoms with Crippen LogP contribution in [0.25, 0.3) is 12.2 Å². The number of likely N-dealkylation sites (tertiary alicyclic amines) is 1. The van der Waals surface area contributed by atoms with Gasteiger partial charge in [0.2, 0.25) is 0 Å². The number of nitriles is 1. The molecule has 1 aliphatic heterocycles. The Morgan fingerprint density at radius 3 is 2.27 bits per heavy atom. The summed E-state index contributed by atoms with van der Waals surface area (Å²) in [4.78, 5) is 38.1. The van der Waals surface area contributed by atoms with Crippen LogP contribution in [0.5, 0.6) is 0 Å². The van der Waals surface area contributed by atoms with Gasteiger partial charge in [0.25, 0.3) is 17.6 Å². The Morgan fingerprint density at radius 2 is 1.66 bits per heavy atom. The van der Waals surface area contributed by atoms with Gasteiger partial charge in [0, 0.05) is 31.3 Å². The number of aliphatic carboxylic acids is 2. The number of hydrogen-bond acceptors (Lipinski definition) is 8. The predicted octanol–water partition coefficient (Wildman–Crippen LogP) is 3.86. The van der Waals surface area contributed by atoms with Gasteiger partial charge in [-0.2, -0.15) is 10.2 Å². The summed E-state index contributed by atoms with van der Waals surface area (Å²) in [5, 5.41) is 31.1. The van der Waals surface area contributed by atoms with Crippen LogP contribution in [-0.4, -0.2) is 62.7 Å². The van der Waals surface area contributed by atoms with E-state index in [4.69, 9.17) is 20.0 Å². The van der Waals surface area contributed by atoms with Gasteiger partial charge in [-0.3, -0.25) is 9.69 Å². The fourth-order valence-electron chi connectivity index (χ4n) is 4.12. The zero-order valence-electron chi connectivity index (χ0n) is 22.3. The van der Waals surface area contributed by atoms with E-state index in [0.29, 0.717) is 30.2 Å². The minimum absolute atomic E-state index is 0.0344. The van der Waals surface area contributed by atoms with Gasteiger partial charge in [0.1, 0.15) is 0 Å². The molecule has 0 unspecified atom stereocenters. The molecule has 1 aromatic heterocycles. The van der Waals surface area contributed by atoms with Gasteiger partial charge in [0.15, 0.2) is 0 Å². The number of carboxylic acid groups (broad SMARTS) is 2. The van der Waals surface area contributed by atoms with Crippen LogP contribution in [0.4, 0.5) is 0 Å². The Bertz CT molecular complexity index is 1370. The van der Waals surface area contributed by atoms with Crippen LogP contribution in [-0.2, 0) is 16.1 Å². The second-order valence-electron chi connectivity index (χ2n) is 9.28. The Labute approximate surface area is 237 Å². The third-order valence-corrected chi connectivity index (χ3v) is 6.27.